The van der Waals surface area contributed by atoms with Crippen molar-refractivity contribution >= 4 is 17.1 Å². The molecule has 0 spiro atoms. The molecule has 0 fully saturated rings. The highest BCUT2D eigenvalue weighted by Gasteiger charge is 2.19. The SMILES string of the molecule is ON=C(Cc1ccccc1)C(=NO)C(Cc1ccccc1)=NO. The number of hydrogen-bond donors (Lipinski definition) is 3. The molecule has 0 heterocycles. The Morgan fingerprint density at radius 1 is 0.609 bits per heavy atom. The number of oxime groups is 3. The van der Waals surface area contributed by atoms with E-state index < -0.39 is 0 Å². The molecule has 3 N–H and O–H groups in total. The van der Waals surface area contributed by atoms with Crippen LogP contribution in [-0.2, 0) is 12.8 Å². The van der Waals surface area contributed by atoms with Gasteiger partial charge < -0.3 is 15.6 Å². The monoisotopic (exact) mass is 311 g/mol. The van der Waals surface area contributed by atoms with E-state index >= 15 is 0 Å². The molecule has 0 radical (unpaired) electrons. The first kappa shape index (κ1) is 16.2. The first-order valence-electron chi connectivity index (χ1n) is 7.01. The predicted molar refractivity (Wildman–Crippen MR) is 88.0 cm³/mol. The van der Waals surface area contributed by atoms with E-state index in [4.69, 9.17) is 0 Å². The van der Waals surface area contributed by atoms with Crippen LogP contribution in [0.3, 0.4) is 0 Å². The van der Waals surface area contributed by atoms with Gasteiger partial charge in [0.25, 0.3) is 0 Å². The fourth-order valence-corrected chi connectivity index (χ4v) is 2.19. The van der Waals surface area contributed by atoms with Crippen LogP contribution in [0.5, 0.6) is 0 Å². The minimum Gasteiger partial charge on any atom is -0.411 e. The molecule has 0 atom stereocenters. The van der Waals surface area contributed by atoms with Crippen molar-refractivity contribution in [1.29, 1.82) is 0 Å². The number of rotatable bonds is 6. The van der Waals surface area contributed by atoms with Crippen LogP contribution in [0.4, 0.5) is 0 Å². The molecule has 6 nitrogen and oxygen atoms in total. The zero-order chi connectivity index (χ0) is 16.5. The lowest BCUT2D eigenvalue weighted by Gasteiger charge is -2.09. The number of benzene rings is 2. The molecule has 0 aromatic heterocycles. The van der Waals surface area contributed by atoms with Gasteiger partial charge in [0.05, 0.1) is 0 Å². The third-order valence-corrected chi connectivity index (χ3v) is 3.32. The topological polar surface area (TPSA) is 97.8 Å². The minimum absolute atomic E-state index is 0.0530. The molecule has 2 aromatic rings. The van der Waals surface area contributed by atoms with Gasteiger partial charge in [0.1, 0.15) is 11.4 Å². The van der Waals surface area contributed by atoms with Gasteiger partial charge in [-0.1, -0.05) is 76.1 Å². The van der Waals surface area contributed by atoms with Gasteiger partial charge in [0, 0.05) is 12.8 Å². The van der Waals surface area contributed by atoms with Gasteiger partial charge >= 0.3 is 0 Å². The highest BCUT2D eigenvalue weighted by Crippen LogP contribution is 2.07. The molecule has 0 unspecified atom stereocenters. The second kappa shape index (κ2) is 8.33. The summed E-state index contributed by atoms with van der Waals surface area (Å²) in [6.45, 7) is 0. The molecule has 0 aliphatic carbocycles. The first-order valence-corrected chi connectivity index (χ1v) is 7.01. The lowest BCUT2D eigenvalue weighted by molar-refractivity contribution is 0.311. The molecule has 2 rings (SSSR count). The van der Waals surface area contributed by atoms with Gasteiger partial charge in [-0.05, 0) is 11.1 Å². The van der Waals surface area contributed by atoms with Gasteiger partial charge in [0.2, 0.25) is 0 Å². The van der Waals surface area contributed by atoms with Crippen molar-refractivity contribution in [1.82, 2.24) is 0 Å². The Morgan fingerprint density at radius 3 is 1.30 bits per heavy atom. The van der Waals surface area contributed by atoms with E-state index in [1.807, 2.05) is 60.7 Å². The van der Waals surface area contributed by atoms with E-state index in [9.17, 15) is 15.6 Å². The normalized spacial score (nSPS) is 12.0. The summed E-state index contributed by atoms with van der Waals surface area (Å²) in [5, 5.41) is 37.4. The fourth-order valence-electron chi connectivity index (χ4n) is 2.19. The zero-order valence-electron chi connectivity index (χ0n) is 12.4. The van der Waals surface area contributed by atoms with E-state index in [1.165, 1.54) is 0 Å². The lowest BCUT2D eigenvalue weighted by Crippen LogP contribution is -2.28. The van der Waals surface area contributed by atoms with Crippen LogP contribution in [0.25, 0.3) is 0 Å². The summed E-state index contributed by atoms with van der Waals surface area (Å²) >= 11 is 0. The van der Waals surface area contributed by atoms with Crippen LogP contribution in [0.1, 0.15) is 11.1 Å². The summed E-state index contributed by atoms with van der Waals surface area (Å²) in [5.74, 6) is 0. The summed E-state index contributed by atoms with van der Waals surface area (Å²) in [4.78, 5) is 0. The van der Waals surface area contributed by atoms with Gasteiger partial charge in [-0.15, -0.1) is 0 Å². The summed E-state index contributed by atoms with van der Waals surface area (Å²) < 4.78 is 0. The molecule has 2 aromatic carbocycles. The second-order valence-electron chi connectivity index (χ2n) is 4.87. The maximum Gasteiger partial charge on any atom is 0.152 e. The Labute approximate surface area is 133 Å². The molecule has 0 aliphatic heterocycles. The Morgan fingerprint density at radius 2 is 1.00 bits per heavy atom. The van der Waals surface area contributed by atoms with Gasteiger partial charge in [-0.3, -0.25) is 0 Å². The third kappa shape index (κ3) is 4.41. The molecular weight excluding hydrogens is 294 g/mol. The summed E-state index contributed by atoms with van der Waals surface area (Å²) in [6.07, 6.45) is 0.481. The van der Waals surface area contributed by atoms with Crippen molar-refractivity contribution in [3.63, 3.8) is 0 Å². The maximum atomic E-state index is 9.29. The van der Waals surface area contributed by atoms with Crippen molar-refractivity contribution < 1.29 is 15.6 Å². The van der Waals surface area contributed by atoms with Crippen molar-refractivity contribution in [2.75, 3.05) is 0 Å². The highest BCUT2D eigenvalue weighted by atomic mass is 16.4. The smallest absolute Gasteiger partial charge is 0.152 e. The average molecular weight is 311 g/mol. The fraction of sp³-hybridized carbons (Fsp3) is 0.118. The summed E-state index contributed by atoms with van der Waals surface area (Å²) in [6, 6.07) is 18.6. The molecule has 0 saturated heterocycles. The van der Waals surface area contributed by atoms with Crippen molar-refractivity contribution in [2.45, 2.75) is 12.8 Å². The summed E-state index contributed by atoms with van der Waals surface area (Å²) in [5.41, 5.74) is 1.92. The van der Waals surface area contributed by atoms with E-state index in [1.54, 1.807) is 0 Å². The van der Waals surface area contributed by atoms with Crippen LogP contribution < -0.4 is 0 Å². The second-order valence-corrected chi connectivity index (χ2v) is 4.87. The first-order chi connectivity index (χ1) is 11.3. The van der Waals surface area contributed by atoms with Crippen LogP contribution in [0.15, 0.2) is 76.1 Å². The molecule has 23 heavy (non-hydrogen) atoms. The van der Waals surface area contributed by atoms with E-state index in [2.05, 4.69) is 15.5 Å². The quantitative estimate of drug-likeness (QED) is 0.434. The van der Waals surface area contributed by atoms with E-state index in [-0.39, 0.29) is 30.0 Å². The van der Waals surface area contributed by atoms with Crippen molar-refractivity contribution in [2.24, 2.45) is 15.5 Å². The van der Waals surface area contributed by atoms with E-state index in [0.29, 0.717) is 0 Å². The standard InChI is InChI=1S/C17H17N3O3/c21-18-15(11-13-7-3-1-4-8-13)17(20-23)16(19-22)12-14-9-5-2-6-10-14/h1-10,21-23H,11-12H2. The van der Waals surface area contributed by atoms with Gasteiger partial charge in [-0.2, -0.15) is 0 Å². The predicted octanol–water partition coefficient (Wildman–Crippen LogP) is 2.96. The molecule has 0 aliphatic rings. The Bertz CT molecular complexity index is 651. The minimum atomic E-state index is -0.0530. The largest absolute Gasteiger partial charge is 0.411 e. The van der Waals surface area contributed by atoms with E-state index in [0.717, 1.165) is 11.1 Å². The van der Waals surface area contributed by atoms with Gasteiger partial charge in [-0.25, -0.2) is 0 Å². The molecule has 0 saturated carbocycles. The maximum absolute atomic E-state index is 9.29. The van der Waals surface area contributed by atoms with Crippen LogP contribution in [0, 0.1) is 0 Å². The van der Waals surface area contributed by atoms with Crippen LogP contribution in [-0.4, -0.2) is 32.8 Å². The Balaban J connectivity index is 2.22. The number of nitrogens with zero attached hydrogens (tertiary/aromatic N) is 3. The third-order valence-electron chi connectivity index (χ3n) is 3.32. The summed E-state index contributed by atoms with van der Waals surface area (Å²) in [7, 11) is 0. The average Bonchev–Trinajstić information content (AvgIpc) is 2.62. The molecular formula is C17H17N3O3. The van der Waals surface area contributed by atoms with Crippen LogP contribution >= 0.6 is 0 Å². The zero-order valence-corrected chi connectivity index (χ0v) is 12.4. The molecule has 118 valence electrons. The molecule has 0 amide bonds. The molecule has 0 bridgehead atoms. The van der Waals surface area contributed by atoms with Crippen molar-refractivity contribution in [3.05, 3.63) is 71.8 Å². The van der Waals surface area contributed by atoms with Gasteiger partial charge in [0.15, 0.2) is 5.71 Å². The molecule has 6 heteroatoms. The lowest BCUT2D eigenvalue weighted by atomic mass is 9.98. The van der Waals surface area contributed by atoms with Crippen molar-refractivity contribution in [3.8, 4) is 0 Å². The highest BCUT2D eigenvalue weighted by molar-refractivity contribution is 6.68. The number of hydrogen-bond acceptors (Lipinski definition) is 6. The Hall–Kier alpha value is -3.15. The van der Waals surface area contributed by atoms with Crippen LogP contribution in [0.2, 0.25) is 0 Å². The Kier molecular flexibility index (Phi) is 5.88.